The lowest BCUT2D eigenvalue weighted by Gasteiger charge is -2.22. The maximum absolute atomic E-state index is 12.3. The van der Waals surface area contributed by atoms with E-state index in [0.29, 0.717) is 28.3 Å². The molecule has 0 saturated carbocycles. The summed E-state index contributed by atoms with van der Waals surface area (Å²) in [5.74, 6) is -0.258. The molecule has 136 valence electrons. The van der Waals surface area contributed by atoms with Crippen molar-refractivity contribution in [2.45, 2.75) is 19.6 Å². The molecule has 0 aromatic carbocycles. The summed E-state index contributed by atoms with van der Waals surface area (Å²) in [5.41, 5.74) is 0. The van der Waals surface area contributed by atoms with Crippen molar-refractivity contribution in [1.82, 2.24) is 15.1 Å². The van der Waals surface area contributed by atoms with Gasteiger partial charge in [0.2, 0.25) is 5.91 Å². The predicted molar refractivity (Wildman–Crippen MR) is 90.5 cm³/mol. The summed E-state index contributed by atoms with van der Waals surface area (Å²) in [7, 11) is 2.88. The SMILES string of the molecule is CCNC(=NCC(=O)N(C)CC(F)(F)F)N(C)Cc1ccc(Cl)s1. The number of amides is 1. The molecular formula is C14H20ClF3N4OS. The van der Waals surface area contributed by atoms with Crippen LogP contribution in [0.4, 0.5) is 13.2 Å². The smallest absolute Gasteiger partial charge is 0.357 e. The summed E-state index contributed by atoms with van der Waals surface area (Å²) in [4.78, 5) is 19.3. The number of nitrogens with one attached hydrogen (secondary N) is 1. The van der Waals surface area contributed by atoms with E-state index in [4.69, 9.17) is 11.6 Å². The van der Waals surface area contributed by atoms with Crippen molar-refractivity contribution in [1.29, 1.82) is 0 Å². The number of alkyl halides is 3. The second-order valence-electron chi connectivity index (χ2n) is 5.10. The molecule has 1 amide bonds. The topological polar surface area (TPSA) is 47.9 Å². The monoisotopic (exact) mass is 384 g/mol. The van der Waals surface area contributed by atoms with Gasteiger partial charge in [-0.25, -0.2) is 4.99 Å². The first-order valence-corrected chi connectivity index (χ1v) is 8.36. The van der Waals surface area contributed by atoms with Crippen LogP contribution in [0.5, 0.6) is 0 Å². The number of carbonyl (C=O) groups excluding carboxylic acids is 1. The van der Waals surface area contributed by atoms with Crippen LogP contribution < -0.4 is 5.32 Å². The Balaban J connectivity index is 2.68. The van der Waals surface area contributed by atoms with Gasteiger partial charge in [-0.1, -0.05) is 11.6 Å². The van der Waals surface area contributed by atoms with Crippen molar-refractivity contribution in [3.05, 3.63) is 21.3 Å². The highest BCUT2D eigenvalue weighted by molar-refractivity contribution is 7.16. The minimum absolute atomic E-state index is 0.357. The van der Waals surface area contributed by atoms with Gasteiger partial charge in [0, 0.05) is 25.5 Å². The number of thiophene rings is 1. The van der Waals surface area contributed by atoms with Crippen LogP contribution in [0.25, 0.3) is 0 Å². The number of carbonyl (C=O) groups is 1. The highest BCUT2D eigenvalue weighted by Gasteiger charge is 2.31. The molecule has 1 heterocycles. The second-order valence-corrected chi connectivity index (χ2v) is 6.90. The molecule has 0 saturated heterocycles. The van der Waals surface area contributed by atoms with Crippen molar-refractivity contribution in [2.24, 2.45) is 4.99 Å². The zero-order chi connectivity index (χ0) is 18.3. The lowest BCUT2D eigenvalue weighted by molar-refractivity contribution is -0.157. The maximum atomic E-state index is 12.3. The number of hydrogen-bond acceptors (Lipinski definition) is 3. The molecule has 5 nitrogen and oxygen atoms in total. The fourth-order valence-electron chi connectivity index (χ4n) is 1.84. The fraction of sp³-hybridized carbons (Fsp3) is 0.571. The van der Waals surface area contributed by atoms with Crippen LogP contribution in [0, 0.1) is 0 Å². The molecule has 24 heavy (non-hydrogen) atoms. The van der Waals surface area contributed by atoms with Gasteiger partial charge in [0.25, 0.3) is 0 Å². The van der Waals surface area contributed by atoms with Crippen molar-refractivity contribution in [2.75, 3.05) is 33.7 Å². The number of hydrogen-bond donors (Lipinski definition) is 1. The van der Waals surface area contributed by atoms with Crippen molar-refractivity contribution in [3.8, 4) is 0 Å². The number of halogens is 4. The molecular weight excluding hydrogens is 365 g/mol. The summed E-state index contributed by atoms with van der Waals surface area (Å²) >= 11 is 7.32. The van der Waals surface area contributed by atoms with Crippen molar-refractivity contribution in [3.63, 3.8) is 0 Å². The Morgan fingerprint density at radius 3 is 2.50 bits per heavy atom. The summed E-state index contributed by atoms with van der Waals surface area (Å²) < 4.78 is 37.6. The number of likely N-dealkylation sites (N-methyl/N-ethyl adjacent to an activating group) is 1. The quantitative estimate of drug-likeness (QED) is 0.606. The molecule has 0 fully saturated rings. The van der Waals surface area contributed by atoms with Crippen LogP contribution in [0.3, 0.4) is 0 Å². The molecule has 0 radical (unpaired) electrons. The highest BCUT2D eigenvalue weighted by Crippen LogP contribution is 2.22. The van der Waals surface area contributed by atoms with Gasteiger partial charge < -0.3 is 15.1 Å². The molecule has 1 N–H and O–H groups in total. The molecule has 1 aromatic heterocycles. The third kappa shape index (κ3) is 7.39. The van der Waals surface area contributed by atoms with E-state index in [2.05, 4.69) is 10.3 Å². The minimum Gasteiger partial charge on any atom is -0.357 e. The van der Waals surface area contributed by atoms with Crippen LogP contribution in [0.15, 0.2) is 17.1 Å². The van der Waals surface area contributed by atoms with E-state index in [9.17, 15) is 18.0 Å². The molecule has 0 aliphatic rings. The number of guanidine groups is 1. The zero-order valence-electron chi connectivity index (χ0n) is 13.7. The molecule has 1 aromatic rings. The van der Waals surface area contributed by atoms with Crippen LogP contribution in [-0.2, 0) is 11.3 Å². The maximum Gasteiger partial charge on any atom is 0.406 e. The average Bonchev–Trinajstić information content (AvgIpc) is 2.86. The lowest BCUT2D eigenvalue weighted by atomic mass is 10.4. The Kier molecular flexibility index (Phi) is 7.82. The molecule has 0 aliphatic heterocycles. The number of nitrogens with zero attached hydrogens (tertiary/aromatic N) is 3. The first kappa shape index (κ1) is 20.6. The van der Waals surface area contributed by atoms with Crippen LogP contribution >= 0.6 is 22.9 Å². The van der Waals surface area contributed by atoms with E-state index < -0.39 is 18.6 Å². The van der Waals surface area contributed by atoms with Gasteiger partial charge >= 0.3 is 6.18 Å². The molecule has 10 heteroatoms. The van der Waals surface area contributed by atoms with Crippen LogP contribution in [-0.4, -0.2) is 61.6 Å². The molecule has 0 atom stereocenters. The van der Waals surface area contributed by atoms with Gasteiger partial charge in [-0.15, -0.1) is 11.3 Å². The standard InChI is InChI=1S/C14H20ClF3N4OS/c1-4-19-13(21(2)8-10-5-6-11(15)24-10)20-7-12(23)22(3)9-14(16,17)18/h5-6H,4,7-9H2,1-3H3,(H,19,20). The summed E-state index contributed by atoms with van der Waals surface area (Å²) in [6, 6.07) is 3.67. The van der Waals surface area contributed by atoms with Gasteiger partial charge in [0.05, 0.1) is 10.9 Å². The molecule has 0 unspecified atom stereocenters. The molecule has 0 bridgehead atoms. The van der Waals surface area contributed by atoms with E-state index in [0.717, 1.165) is 11.9 Å². The average molecular weight is 385 g/mol. The van der Waals surface area contributed by atoms with E-state index in [1.165, 1.54) is 11.3 Å². The predicted octanol–water partition coefficient (Wildman–Crippen LogP) is 2.82. The number of aliphatic imine (C=N–C) groups is 1. The zero-order valence-corrected chi connectivity index (χ0v) is 15.2. The molecule has 0 spiro atoms. The van der Waals surface area contributed by atoms with E-state index in [1.54, 1.807) is 18.0 Å². The van der Waals surface area contributed by atoms with Crippen molar-refractivity contribution < 1.29 is 18.0 Å². The molecule has 1 rings (SSSR count). The van der Waals surface area contributed by atoms with Gasteiger partial charge in [0.15, 0.2) is 5.96 Å². The van der Waals surface area contributed by atoms with E-state index in [-0.39, 0.29) is 6.54 Å². The Hall–Kier alpha value is -1.48. The van der Waals surface area contributed by atoms with E-state index in [1.807, 2.05) is 13.0 Å². The third-order valence-corrected chi connectivity index (χ3v) is 4.14. The van der Waals surface area contributed by atoms with Gasteiger partial charge in [-0.05, 0) is 19.1 Å². The largest absolute Gasteiger partial charge is 0.406 e. The van der Waals surface area contributed by atoms with Crippen LogP contribution in [0.2, 0.25) is 4.34 Å². The Bertz CT molecular complexity index is 577. The first-order valence-electron chi connectivity index (χ1n) is 7.16. The van der Waals surface area contributed by atoms with Crippen LogP contribution in [0.1, 0.15) is 11.8 Å². The second kappa shape index (κ2) is 9.12. The molecule has 0 aliphatic carbocycles. The fourth-order valence-corrected chi connectivity index (χ4v) is 2.98. The summed E-state index contributed by atoms with van der Waals surface area (Å²) in [5, 5.41) is 3.01. The lowest BCUT2D eigenvalue weighted by Crippen LogP contribution is -2.40. The van der Waals surface area contributed by atoms with Gasteiger partial charge in [0.1, 0.15) is 13.1 Å². The first-order chi connectivity index (χ1) is 11.1. The third-order valence-electron chi connectivity index (χ3n) is 2.92. The van der Waals surface area contributed by atoms with Gasteiger partial charge in [-0.3, -0.25) is 4.79 Å². The summed E-state index contributed by atoms with van der Waals surface area (Å²) in [6.45, 7) is 1.31. The van der Waals surface area contributed by atoms with Gasteiger partial charge in [-0.2, -0.15) is 13.2 Å². The normalized spacial score (nSPS) is 12.2. The number of rotatable bonds is 6. The summed E-state index contributed by atoms with van der Waals surface area (Å²) in [6.07, 6.45) is -4.42. The highest BCUT2D eigenvalue weighted by atomic mass is 35.5. The minimum atomic E-state index is -4.42. The van der Waals surface area contributed by atoms with Crippen molar-refractivity contribution >= 4 is 34.8 Å². The Morgan fingerprint density at radius 2 is 2.00 bits per heavy atom. The Morgan fingerprint density at radius 1 is 1.33 bits per heavy atom. The van der Waals surface area contributed by atoms with E-state index >= 15 is 0 Å². The Labute approximate surface area is 148 Å².